The van der Waals surface area contributed by atoms with Crippen LogP contribution in [0.15, 0.2) is 35.4 Å². The van der Waals surface area contributed by atoms with Gasteiger partial charge >= 0.3 is 5.69 Å². The number of aromatic nitrogens is 2. The van der Waals surface area contributed by atoms with Crippen molar-refractivity contribution < 1.29 is 4.39 Å². The zero-order chi connectivity index (χ0) is 13.1. The van der Waals surface area contributed by atoms with E-state index in [1.165, 1.54) is 10.6 Å². The molecule has 1 heterocycles. The van der Waals surface area contributed by atoms with Gasteiger partial charge in [0, 0.05) is 18.9 Å². The van der Waals surface area contributed by atoms with Crippen molar-refractivity contribution in [2.45, 2.75) is 26.4 Å². The molecule has 1 aromatic heterocycles. The topological polar surface area (TPSA) is 26.9 Å². The summed E-state index contributed by atoms with van der Waals surface area (Å²) in [6, 6.07) is 4.61. The van der Waals surface area contributed by atoms with E-state index in [9.17, 15) is 9.18 Å². The minimum Gasteiger partial charge on any atom is -0.299 e. The Labute approximate surface area is 109 Å². The van der Waals surface area contributed by atoms with Gasteiger partial charge in [-0.15, -0.1) is 0 Å². The highest BCUT2D eigenvalue weighted by Crippen LogP contribution is 2.20. The number of hydrogen-bond donors (Lipinski definition) is 0. The van der Waals surface area contributed by atoms with Crippen molar-refractivity contribution in [1.82, 2.24) is 9.13 Å². The van der Waals surface area contributed by atoms with Gasteiger partial charge in [0.05, 0.1) is 11.6 Å². The van der Waals surface area contributed by atoms with E-state index in [1.807, 2.05) is 6.92 Å². The SMILES string of the molecule is CCCn1ccn(Cc2cccc(F)c2Cl)c1=O. The molecule has 0 aliphatic heterocycles. The first-order chi connectivity index (χ1) is 8.63. The molecule has 0 aliphatic rings. The average Bonchev–Trinajstić information content (AvgIpc) is 2.68. The van der Waals surface area contributed by atoms with E-state index in [-0.39, 0.29) is 17.3 Å². The van der Waals surface area contributed by atoms with E-state index in [1.54, 1.807) is 29.1 Å². The van der Waals surface area contributed by atoms with Gasteiger partial charge in [-0.1, -0.05) is 30.7 Å². The minimum absolute atomic E-state index is 0.0765. The average molecular weight is 269 g/mol. The molecule has 0 N–H and O–H groups in total. The number of imidazole rings is 1. The summed E-state index contributed by atoms with van der Waals surface area (Å²) in [4.78, 5) is 11.9. The van der Waals surface area contributed by atoms with Gasteiger partial charge < -0.3 is 0 Å². The fourth-order valence-electron chi connectivity index (χ4n) is 1.84. The summed E-state index contributed by atoms with van der Waals surface area (Å²) >= 11 is 5.87. The number of benzene rings is 1. The molecule has 0 bridgehead atoms. The molecule has 0 atom stereocenters. The molecule has 0 amide bonds. The van der Waals surface area contributed by atoms with Crippen molar-refractivity contribution in [3.8, 4) is 0 Å². The number of nitrogens with zero attached hydrogens (tertiary/aromatic N) is 2. The molecule has 3 nitrogen and oxygen atoms in total. The summed E-state index contributed by atoms with van der Waals surface area (Å²) in [5, 5.41) is 0.0765. The summed E-state index contributed by atoms with van der Waals surface area (Å²) in [6.07, 6.45) is 4.32. The van der Waals surface area contributed by atoms with Crippen LogP contribution in [0.1, 0.15) is 18.9 Å². The third-order valence-corrected chi connectivity index (χ3v) is 3.18. The van der Waals surface area contributed by atoms with Crippen molar-refractivity contribution in [2.75, 3.05) is 0 Å². The summed E-state index contributed by atoms with van der Waals surface area (Å²) in [6.45, 7) is 2.97. The van der Waals surface area contributed by atoms with Gasteiger partial charge in [0.2, 0.25) is 0 Å². The van der Waals surface area contributed by atoms with Gasteiger partial charge in [-0.25, -0.2) is 9.18 Å². The lowest BCUT2D eigenvalue weighted by Crippen LogP contribution is -2.24. The third-order valence-electron chi connectivity index (χ3n) is 2.75. The van der Waals surface area contributed by atoms with Crippen LogP contribution in [0.4, 0.5) is 4.39 Å². The highest BCUT2D eigenvalue weighted by Gasteiger charge is 2.08. The molecule has 1 aromatic carbocycles. The lowest BCUT2D eigenvalue weighted by molar-refractivity contribution is 0.613. The zero-order valence-electron chi connectivity index (χ0n) is 10.1. The number of rotatable bonds is 4. The Morgan fingerprint density at radius 2 is 2.00 bits per heavy atom. The van der Waals surface area contributed by atoms with Crippen LogP contribution in [0.2, 0.25) is 5.02 Å². The largest absolute Gasteiger partial charge is 0.328 e. The highest BCUT2D eigenvalue weighted by atomic mass is 35.5. The third kappa shape index (κ3) is 2.48. The van der Waals surface area contributed by atoms with Crippen molar-refractivity contribution in [1.29, 1.82) is 0 Å². The Balaban J connectivity index is 2.29. The normalized spacial score (nSPS) is 10.8. The predicted octanol–water partition coefficient (Wildman–Crippen LogP) is 2.90. The molecule has 0 radical (unpaired) electrons. The molecule has 0 saturated heterocycles. The summed E-state index contributed by atoms with van der Waals surface area (Å²) in [5.41, 5.74) is 0.505. The summed E-state index contributed by atoms with van der Waals surface area (Å²) in [5.74, 6) is -0.463. The van der Waals surface area contributed by atoms with Crippen molar-refractivity contribution >= 4 is 11.6 Å². The molecular formula is C13H14ClFN2O. The van der Waals surface area contributed by atoms with Gasteiger partial charge in [0.1, 0.15) is 5.82 Å². The molecule has 96 valence electrons. The maximum Gasteiger partial charge on any atom is 0.328 e. The molecule has 5 heteroatoms. The van der Waals surface area contributed by atoms with Gasteiger partial charge in [-0.05, 0) is 18.1 Å². The fraction of sp³-hybridized carbons (Fsp3) is 0.308. The molecule has 2 rings (SSSR count). The number of hydrogen-bond acceptors (Lipinski definition) is 1. The Kier molecular flexibility index (Phi) is 3.87. The van der Waals surface area contributed by atoms with Crippen LogP contribution in [0.5, 0.6) is 0 Å². The van der Waals surface area contributed by atoms with Crippen LogP contribution in [-0.2, 0) is 13.1 Å². The molecule has 0 unspecified atom stereocenters. The van der Waals surface area contributed by atoms with Crippen LogP contribution < -0.4 is 5.69 Å². The van der Waals surface area contributed by atoms with Gasteiger partial charge in [-0.3, -0.25) is 9.13 Å². The molecule has 18 heavy (non-hydrogen) atoms. The second-order valence-corrected chi connectivity index (χ2v) is 4.49. The van der Waals surface area contributed by atoms with Crippen LogP contribution in [0.25, 0.3) is 0 Å². The standard InChI is InChI=1S/C13H14ClFN2O/c1-2-6-16-7-8-17(13(16)18)9-10-4-3-5-11(15)12(10)14/h3-5,7-8H,2,6,9H2,1H3. The zero-order valence-corrected chi connectivity index (χ0v) is 10.8. The highest BCUT2D eigenvalue weighted by molar-refractivity contribution is 6.31. The summed E-state index contributed by atoms with van der Waals surface area (Å²) in [7, 11) is 0. The van der Waals surface area contributed by atoms with E-state index in [0.717, 1.165) is 6.42 Å². The maximum atomic E-state index is 13.3. The van der Waals surface area contributed by atoms with E-state index in [4.69, 9.17) is 11.6 Å². The smallest absolute Gasteiger partial charge is 0.299 e. The Hall–Kier alpha value is -1.55. The van der Waals surface area contributed by atoms with Crippen molar-refractivity contribution in [3.05, 3.63) is 57.5 Å². The second-order valence-electron chi connectivity index (χ2n) is 4.11. The number of aryl methyl sites for hydroxylation is 1. The van der Waals surface area contributed by atoms with Crippen LogP contribution in [0, 0.1) is 5.82 Å². The van der Waals surface area contributed by atoms with Gasteiger partial charge in [-0.2, -0.15) is 0 Å². The van der Waals surface area contributed by atoms with Crippen LogP contribution >= 0.6 is 11.6 Å². The van der Waals surface area contributed by atoms with Gasteiger partial charge in [0.15, 0.2) is 0 Å². The van der Waals surface area contributed by atoms with Crippen molar-refractivity contribution in [3.63, 3.8) is 0 Å². The second kappa shape index (κ2) is 5.40. The Bertz CT molecular complexity index is 603. The van der Waals surface area contributed by atoms with E-state index in [0.29, 0.717) is 12.1 Å². The van der Waals surface area contributed by atoms with Crippen LogP contribution in [0.3, 0.4) is 0 Å². The lowest BCUT2D eigenvalue weighted by Gasteiger charge is -2.05. The van der Waals surface area contributed by atoms with E-state index in [2.05, 4.69) is 0 Å². The first kappa shape index (κ1) is 12.9. The molecule has 0 aliphatic carbocycles. The van der Waals surface area contributed by atoms with E-state index < -0.39 is 5.82 Å². The molecule has 2 aromatic rings. The fourth-order valence-corrected chi connectivity index (χ4v) is 2.02. The van der Waals surface area contributed by atoms with E-state index >= 15 is 0 Å². The predicted molar refractivity (Wildman–Crippen MR) is 69.5 cm³/mol. The Morgan fingerprint density at radius 3 is 2.72 bits per heavy atom. The van der Waals surface area contributed by atoms with Crippen molar-refractivity contribution in [2.24, 2.45) is 0 Å². The first-order valence-corrected chi connectivity index (χ1v) is 6.19. The molecule has 0 fully saturated rings. The van der Waals surface area contributed by atoms with Crippen LogP contribution in [-0.4, -0.2) is 9.13 Å². The quantitative estimate of drug-likeness (QED) is 0.838. The number of halogens is 2. The lowest BCUT2D eigenvalue weighted by atomic mass is 10.2. The monoisotopic (exact) mass is 268 g/mol. The minimum atomic E-state index is -0.463. The molecular weight excluding hydrogens is 255 g/mol. The Morgan fingerprint density at radius 1 is 1.28 bits per heavy atom. The molecule has 0 spiro atoms. The first-order valence-electron chi connectivity index (χ1n) is 5.82. The van der Waals surface area contributed by atoms with Gasteiger partial charge in [0.25, 0.3) is 0 Å². The molecule has 0 saturated carbocycles. The summed E-state index contributed by atoms with van der Waals surface area (Å²) < 4.78 is 16.4. The maximum absolute atomic E-state index is 13.3.